The van der Waals surface area contributed by atoms with E-state index in [9.17, 15) is 0 Å². The molecule has 12 heavy (non-hydrogen) atoms. The van der Waals surface area contributed by atoms with Crippen LogP contribution in [-0.2, 0) is 6.42 Å². The highest BCUT2D eigenvalue weighted by atomic mass is 79.9. The maximum absolute atomic E-state index is 5.13. The highest BCUT2D eigenvalue weighted by Crippen LogP contribution is 2.14. The quantitative estimate of drug-likeness (QED) is 0.736. The van der Waals surface area contributed by atoms with Crippen molar-refractivity contribution in [2.75, 3.05) is 5.33 Å². The third-order valence-electron chi connectivity index (χ3n) is 1.78. The van der Waals surface area contributed by atoms with Gasteiger partial charge >= 0.3 is 0 Å². The Kier molecular flexibility index (Phi) is 2.13. The molecule has 3 heteroatoms. The average Bonchev–Trinajstić information content (AvgIpc) is 2.51. The van der Waals surface area contributed by atoms with Gasteiger partial charge in [-0.3, -0.25) is 0 Å². The van der Waals surface area contributed by atoms with Gasteiger partial charge in [0.2, 0.25) is 0 Å². The zero-order valence-electron chi connectivity index (χ0n) is 6.46. The maximum Gasteiger partial charge on any atom is 0.181 e. The number of halogens is 1. The van der Waals surface area contributed by atoms with Gasteiger partial charge in [0.1, 0.15) is 5.52 Å². The number of hydrogen-bond acceptors (Lipinski definition) is 2. The number of fused-ring (bicyclic) bond motifs is 1. The van der Waals surface area contributed by atoms with Crippen LogP contribution in [0.5, 0.6) is 0 Å². The van der Waals surface area contributed by atoms with Crippen molar-refractivity contribution >= 4 is 27.0 Å². The standard InChI is InChI=1S/C9H8BrNO/c10-4-3-7-1-2-9-8(5-7)11-6-12-9/h1-2,5-6H,3-4H2. The zero-order chi connectivity index (χ0) is 8.39. The second kappa shape index (κ2) is 3.27. The van der Waals surface area contributed by atoms with Gasteiger partial charge in [-0.15, -0.1) is 0 Å². The highest BCUT2D eigenvalue weighted by molar-refractivity contribution is 9.09. The lowest BCUT2D eigenvalue weighted by atomic mass is 10.1. The Labute approximate surface area is 78.7 Å². The molecule has 0 radical (unpaired) electrons. The van der Waals surface area contributed by atoms with Crippen molar-refractivity contribution in [3.05, 3.63) is 30.2 Å². The van der Waals surface area contributed by atoms with E-state index in [-0.39, 0.29) is 0 Å². The van der Waals surface area contributed by atoms with Crippen LogP contribution in [0.2, 0.25) is 0 Å². The van der Waals surface area contributed by atoms with E-state index in [2.05, 4.69) is 33.0 Å². The summed E-state index contributed by atoms with van der Waals surface area (Å²) < 4.78 is 5.13. The minimum atomic E-state index is 0.855. The molecule has 0 N–H and O–H groups in total. The molecule has 0 aliphatic carbocycles. The fraction of sp³-hybridized carbons (Fsp3) is 0.222. The Hall–Kier alpha value is -0.830. The summed E-state index contributed by atoms with van der Waals surface area (Å²) in [7, 11) is 0. The van der Waals surface area contributed by atoms with Crippen LogP contribution in [0.25, 0.3) is 11.1 Å². The van der Waals surface area contributed by atoms with Gasteiger partial charge in [0.05, 0.1) is 0 Å². The molecule has 0 saturated heterocycles. The molecular formula is C9H8BrNO. The summed E-state index contributed by atoms with van der Waals surface area (Å²) in [6.45, 7) is 0. The Morgan fingerprint density at radius 2 is 2.33 bits per heavy atom. The lowest BCUT2D eigenvalue weighted by Gasteiger charge is -1.95. The van der Waals surface area contributed by atoms with Gasteiger partial charge in [-0.05, 0) is 24.1 Å². The summed E-state index contributed by atoms with van der Waals surface area (Å²) in [4.78, 5) is 4.08. The molecule has 0 fully saturated rings. The van der Waals surface area contributed by atoms with Crippen LogP contribution in [0.4, 0.5) is 0 Å². The molecule has 62 valence electrons. The van der Waals surface area contributed by atoms with Crippen molar-refractivity contribution in [2.45, 2.75) is 6.42 Å². The molecule has 1 aromatic heterocycles. The average molecular weight is 226 g/mol. The molecule has 0 amide bonds. The molecule has 1 heterocycles. The minimum Gasteiger partial charge on any atom is -0.443 e. The van der Waals surface area contributed by atoms with Gasteiger partial charge in [0, 0.05) is 5.33 Å². The molecule has 0 unspecified atom stereocenters. The first kappa shape index (κ1) is 7.80. The summed E-state index contributed by atoms with van der Waals surface area (Å²) in [5, 5.41) is 0.982. The van der Waals surface area contributed by atoms with Crippen molar-refractivity contribution in [3.8, 4) is 0 Å². The molecule has 0 atom stereocenters. The van der Waals surface area contributed by atoms with E-state index in [0.29, 0.717) is 0 Å². The summed E-state index contributed by atoms with van der Waals surface area (Å²) in [5.74, 6) is 0. The van der Waals surface area contributed by atoms with E-state index >= 15 is 0 Å². The summed E-state index contributed by atoms with van der Waals surface area (Å²) in [6.07, 6.45) is 2.51. The van der Waals surface area contributed by atoms with E-state index < -0.39 is 0 Å². The molecule has 0 saturated carbocycles. The first-order valence-electron chi connectivity index (χ1n) is 3.78. The molecule has 0 aliphatic rings. The molecule has 2 aromatic rings. The molecular weight excluding hydrogens is 218 g/mol. The van der Waals surface area contributed by atoms with Gasteiger partial charge in [-0.2, -0.15) is 0 Å². The van der Waals surface area contributed by atoms with Crippen molar-refractivity contribution in [1.82, 2.24) is 4.98 Å². The normalized spacial score (nSPS) is 10.8. The largest absolute Gasteiger partial charge is 0.443 e. The number of oxazole rings is 1. The second-order valence-electron chi connectivity index (χ2n) is 2.59. The fourth-order valence-corrected chi connectivity index (χ4v) is 1.63. The third-order valence-corrected chi connectivity index (χ3v) is 2.17. The number of hydrogen-bond donors (Lipinski definition) is 0. The van der Waals surface area contributed by atoms with Crippen molar-refractivity contribution in [3.63, 3.8) is 0 Å². The maximum atomic E-state index is 5.13. The molecule has 0 bridgehead atoms. The number of alkyl halides is 1. The van der Waals surface area contributed by atoms with Crippen LogP contribution in [0.1, 0.15) is 5.56 Å². The number of rotatable bonds is 2. The monoisotopic (exact) mass is 225 g/mol. The summed E-state index contributed by atoms with van der Waals surface area (Å²) in [6, 6.07) is 6.08. The Morgan fingerprint density at radius 3 is 3.17 bits per heavy atom. The predicted octanol–water partition coefficient (Wildman–Crippen LogP) is 2.77. The number of aryl methyl sites for hydroxylation is 1. The van der Waals surface area contributed by atoms with Crippen molar-refractivity contribution in [2.24, 2.45) is 0 Å². The first-order chi connectivity index (χ1) is 5.90. The highest BCUT2D eigenvalue weighted by Gasteiger charge is 1.98. The van der Waals surface area contributed by atoms with Crippen LogP contribution in [0, 0.1) is 0 Å². The van der Waals surface area contributed by atoms with Gasteiger partial charge < -0.3 is 4.42 Å². The lowest BCUT2D eigenvalue weighted by molar-refractivity contribution is 0.602. The smallest absolute Gasteiger partial charge is 0.181 e. The summed E-state index contributed by atoms with van der Waals surface area (Å²) >= 11 is 3.40. The van der Waals surface area contributed by atoms with Gasteiger partial charge in [-0.25, -0.2) is 4.98 Å². The zero-order valence-corrected chi connectivity index (χ0v) is 8.04. The van der Waals surface area contributed by atoms with Crippen LogP contribution in [0.3, 0.4) is 0 Å². The van der Waals surface area contributed by atoms with Crippen LogP contribution in [-0.4, -0.2) is 10.3 Å². The van der Waals surface area contributed by atoms with Gasteiger partial charge in [0.25, 0.3) is 0 Å². The van der Waals surface area contributed by atoms with E-state index in [0.717, 1.165) is 22.9 Å². The fourth-order valence-electron chi connectivity index (χ4n) is 1.17. The van der Waals surface area contributed by atoms with E-state index in [1.54, 1.807) is 0 Å². The Bertz CT molecular complexity index is 383. The molecule has 2 rings (SSSR count). The molecule has 0 spiro atoms. The van der Waals surface area contributed by atoms with Crippen LogP contribution >= 0.6 is 15.9 Å². The third kappa shape index (κ3) is 1.37. The lowest BCUT2D eigenvalue weighted by Crippen LogP contribution is -1.84. The second-order valence-corrected chi connectivity index (χ2v) is 3.39. The van der Waals surface area contributed by atoms with Gasteiger partial charge in [0.15, 0.2) is 12.0 Å². The van der Waals surface area contributed by atoms with E-state index in [4.69, 9.17) is 4.42 Å². The number of nitrogens with zero attached hydrogens (tertiary/aromatic N) is 1. The summed E-state index contributed by atoms with van der Waals surface area (Å²) in [5.41, 5.74) is 3.08. The predicted molar refractivity (Wildman–Crippen MR) is 51.5 cm³/mol. The Morgan fingerprint density at radius 1 is 1.42 bits per heavy atom. The SMILES string of the molecule is BrCCc1ccc2ocnc2c1. The van der Waals surface area contributed by atoms with E-state index in [1.165, 1.54) is 12.0 Å². The van der Waals surface area contributed by atoms with Crippen LogP contribution < -0.4 is 0 Å². The first-order valence-corrected chi connectivity index (χ1v) is 4.90. The Balaban J connectivity index is 2.46. The van der Waals surface area contributed by atoms with Gasteiger partial charge in [-0.1, -0.05) is 22.0 Å². The van der Waals surface area contributed by atoms with Crippen molar-refractivity contribution < 1.29 is 4.42 Å². The van der Waals surface area contributed by atoms with Crippen LogP contribution in [0.15, 0.2) is 29.0 Å². The molecule has 0 aliphatic heterocycles. The van der Waals surface area contributed by atoms with E-state index in [1.807, 2.05) is 6.07 Å². The molecule has 2 nitrogen and oxygen atoms in total. The molecule has 1 aromatic carbocycles. The number of aromatic nitrogens is 1. The number of benzene rings is 1. The van der Waals surface area contributed by atoms with Crippen molar-refractivity contribution in [1.29, 1.82) is 0 Å². The topological polar surface area (TPSA) is 26.0 Å². The minimum absolute atomic E-state index is 0.855.